The summed E-state index contributed by atoms with van der Waals surface area (Å²) in [6.07, 6.45) is 0.818. The van der Waals surface area contributed by atoms with Gasteiger partial charge in [0, 0.05) is 34.4 Å². The van der Waals surface area contributed by atoms with Crippen molar-refractivity contribution in [3.63, 3.8) is 0 Å². The van der Waals surface area contributed by atoms with Crippen molar-refractivity contribution in [2.75, 3.05) is 20.6 Å². The summed E-state index contributed by atoms with van der Waals surface area (Å²) in [4.78, 5) is 25.1. The van der Waals surface area contributed by atoms with Crippen LogP contribution in [0.2, 0.25) is 0 Å². The highest BCUT2D eigenvalue weighted by Crippen LogP contribution is 2.14. The van der Waals surface area contributed by atoms with Crippen molar-refractivity contribution >= 4 is 11.6 Å². The molecule has 0 spiro atoms. The first-order chi connectivity index (χ1) is 17.9. The number of hydrogen-bond acceptors (Lipinski definition) is 3. The minimum atomic E-state index is 0.0299. The molecule has 184 valence electrons. The third kappa shape index (κ3) is 7.27. The van der Waals surface area contributed by atoms with Crippen LogP contribution in [0.1, 0.15) is 43.0 Å². The Morgan fingerprint density at radius 3 is 1.54 bits per heavy atom. The lowest BCUT2D eigenvalue weighted by Crippen LogP contribution is -2.33. The summed E-state index contributed by atoms with van der Waals surface area (Å²) >= 11 is 0. The molecule has 0 saturated heterocycles. The molecule has 0 aliphatic heterocycles. The number of quaternary nitrogens is 1. The number of rotatable bonds is 9. The fraction of sp³-hybridized carbons (Fsp3) is 0.152. The van der Waals surface area contributed by atoms with E-state index >= 15 is 0 Å². The first kappa shape index (κ1) is 25.6. The van der Waals surface area contributed by atoms with Gasteiger partial charge in [0.15, 0.2) is 17.6 Å². The molecule has 4 nitrogen and oxygen atoms in total. The zero-order chi connectivity index (χ0) is 26.1. The van der Waals surface area contributed by atoms with Crippen molar-refractivity contribution in [3.05, 3.63) is 143 Å². The molecule has 4 aromatic rings. The number of benzene rings is 4. The summed E-state index contributed by atoms with van der Waals surface area (Å²) in [5.74, 6) is 0.0656. The topological polar surface area (TPSA) is 46.2 Å². The van der Waals surface area contributed by atoms with E-state index in [-0.39, 0.29) is 11.6 Å². The van der Waals surface area contributed by atoms with E-state index in [0.29, 0.717) is 26.7 Å². The van der Waals surface area contributed by atoms with E-state index in [1.807, 2.05) is 109 Å². The summed E-state index contributed by atoms with van der Waals surface area (Å²) in [7, 11) is 4.11. The lowest BCUT2D eigenvalue weighted by Gasteiger charge is -2.21. The quantitative estimate of drug-likeness (QED) is 0.112. The maximum Gasteiger partial charge on any atom is 0.193 e. The molecule has 4 heteroatoms. The van der Waals surface area contributed by atoms with E-state index in [0.717, 1.165) is 30.6 Å². The Hall–Kier alpha value is -4.46. The van der Waals surface area contributed by atoms with E-state index in [1.165, 1.54) is 0 Å². The highest BCUT2D eigenvalue weighted by Gasteiger charge is 2.15. The van der Waals surface area contributed by atoms with E-state index in [2.05, 4.69) is 31.5 Å². The van der Waals surface area contributed by atoms with E-state index in [9.17, 15) is 9.59 Å². The molecular weight excluding hydrogens is 456 g/mol. The Morgan fingerprint density at radius 1 is 0.622 bits per heavy atom. The van der Waals surface area contributed by atoms with Crippen molar-refractivity contribution < 1.29 is 14.1 Å². The molecule has 4 rings (SSSR count). The second-order valence-corrected chi connectivity index (χ2v) is 9.54. The molecule has 0 unspecified atom stereocenters. The minimum absolute atomic E-state index is 0.0299. The SMILES string of the molecule is C[N+](C)(C#CNCCc1ccc(C(=O)c2ccccc2)cc1)Cc1ccc(C(=O)c2ccccc2)cc1. The summed E-state index contributed by atoms with van der Waals surface area (Å²) in [5, 5.41) is 3.19. The zero-order valence-corrected chi connectivity index (χ0v) is 21.3. The smallest absolute Gasteiger partial charge is 0.193 e. The summed E-state index contributed by atoms with van der Waals surface area (Å²) in [6.45, 7) is 1.45. The van der Waals surface area contributed by atoms with Gasteiger partial charge in [-0.2, -0.15) is 0 Å². The number of carbonyl (C=O) groups excluding carboxylic acids is 2. The van der Waals surface area contributed by atoms with Crippen LogP contribution < -0.4 is 5.32 Å². The van der Waals surface area contributed by atoms with E-state index in [4.69, 9.17) is 0 Å². The van der Waals surface area contributed by atoms with Crippen molar-refractivity contribution in [1.29, 1.82) is 0 Å². The Kier molecular flexibility index (Phi) is 8.30. The molecule has 0 fully saturated rings. The van der Waals surface area contributed by atoms with Gasteiger partial charge in [-0.05, 0) is 12.0 Å². The zero-order valence-electron chi connectivity index (χ0n) is 21.3. The maximum absolute atomic E-state index is 12.6. The summed E-state index contributed by atoms with van der Waals surface area (Å²) < 4.78 is 0.495. The lowest BCUT2D eigenvalue weighted by molar-refractivity contribution is -0.836. The Bertz CT molecular complexity index is 1400. The lowest BCUT2D eigenvalue weighted by atomic mass is 10.0. The Balaban J connectivity index is 1.25. The molecule has 0 heterocycles. The van der Waals surface area contributed by atoms with Crippen LogP contribution >= 0.6 is 0 Å². The second kappa shape index (κ2) is 12.0. The first-order valence-electron chi connectivity index (χ1n) is 12.4. The molecule has 0 aliphatic rings. The minimum Gasteiger partial charge on any atom is -0.341 e. The van der Waals surface area contributed by atoms with Crippen molar-refractivity contribution in [1.82, 2.24) is 5.32 Å². The Morgan fingerprint density at radius 2 is 1.05 bits per heavy atom. The molecule has 0 aliphatic carbocycles. The fourth-order valence-electron chi connectivity index (χ4n) is 4.05. The first-order valence-corrected chi connectivity index (χ1v) is 12.4. The number of hydrogen-bond donors (Lipinski definition) is 1. The van der Waals surface area contributed by atoms with Crippen LogP contribution in [0.25, 0.3) is 0 Å². The third-order valence-corrected chi connectivity index (χ3v) is 6.07. The van der Waals surface area contributed by atoms with Gasteiger partial charge in [-0.25, -0.2) is 4.48 Å². The van der Waals surface area contributed by atoms with Crippen LogP contribution in [0.3, 0.4) is 0 Å². The number of ketones is 2. The van der Waals surface area contributed by atoms with Gasteiger partial charge < -0.3 is 5.32 Å². The monoisotopic (exact) mass is 487 g/mol. The molecule has 0 amide bonds. The second-order valence-electron chi connectivity index (χ2n) is 9.54. The van der Waals surface area contributed by atoms with Gasteiger partial charge in [-0.15, -0.1) is 0 Å². The van der Waals surface area contributed by atoms with Crippen molar-refractivity contribution in [2.45, 2.75) is 13.0 Å². The highest BCUT2D eigenvalue weighted by molar-refractivity contribution is 6.09. The van der Waals surface area contributed by atoms with Gasteiger partial charge in [0.05, 0.1) is 20.1 Å². The van der Waals surface area contributed by atoms with Gasteiger partial charge in [0.25, 0.3) is 0 Å². The summed E-state index contributed by atoms with van der Waals surface area (Å²) in [6, 6.07) is 40.5. The molecule has 4 aromatic carbocycles. The van der Waals surface area contributed by atoms with Gasteiger partial charge in [0.1, 0.15) is 6.54 Å². The Labute approximate surface area is 219 Å². The van der Waals surface area contributed by atoms with Crippen LogP contribution in [0.4, 0.5) is 0 Å². The van der Waals surface area contributed by atoms with Crippen molar-refractivity contribution in [2.24, 2.45) is 0 Å². The van der Waals surface area contributed by atoms with E-state index in [1.54, 1.807) is 0 Å². The number of nitrogens with one attached hydrogen (secondary N) is 1. The molecule has 0 saturated carbocycles. The van der Waals surface area contributed by atoms with Crippen molar-refractivity contribution in [3.8, 4) is 12.1 Å². The molecule has 0 atom stereocenters. The predicted octanol–water partition coefficient (Wildman–Crippen LogP) is 5.48. The van der Waals surface area contributed by atoms with Gasteiger partial charge >= 0.3 is 0 Å². The molecule has 0 radical (unpaired) electrons. The van der Waals surface area contributed by atoms with Crippen LogP contribution in [0, 0.1) is 12.1 Å². The molecule has 37 heavy (non-hydrogen) atoms. The summed E-state index contributed by atoms with van der Waals surface area (Å²) in [5.41, 5.74) is 5.04. The van der Waals surface area contributed by atoms with E-state index < -0.39 is 0 Å². The van der Waals surface area contributed by atoms with Gasteiger partial charge in [-0.1, -0.05) is 109 Å². The largest absolute Gasteiger partial charge is 0.341 e. The standard InChI is InChI=1S/C33H31N2O2/c1-35(2,25-27-15-19-31(20-16-27)33(37)29-11-7-4-8-12-29)24-23-34-22-21-26-13-17-30(18-14-26)32(36)28-9-5-3-6-10-28/h3-20,34H,21-22,25H2,1-2H3/q+1. The van der Waals surface area contributed by atoms with Crippen LogP contribution in [0.5, 0.6) is 0 Å². The third-order valence-electron chi connectivity index (χ3n) is 6.07. The number of carbonyl (C=O) groups is 2. The highest BCUT2D eigenvalue weighted by atomic mass is 16.1. The van der Waals surface area contributed by atoms with Crippen LogP contribution in [-0.2, 0) is 13.0 Å². The van der Waals surface area contributed by atoms with Crippen LogP contribution in [0.15, 0.2) is 109 Å². The fourth-order valence-corrected chi connectivity index (χ4v) is 4.05. The average molecular weight is 488 g/mol. The van der Waals surface area contributed by atoms with Crippen LogP contribution in [-0.4, -0.2) is 36.7 Å². The predicted molar refractivity (Wildman–Crippen MR) is 148 cm³/mol. The normalized spacial score (nSPS) is 10.8. The molecular formula is C33H31N2O2+. The maximum atomic E-state index is 12.6. The van der Waals surface area contributed by atoms with Gasteiger partial charge in [0.2, 0.25) is 0 Å². The molecule has 0 bridgehead atoms. The molecule has 1 N–H and O–H groups in total. The number of nitrogens with zero attached hydrogens (tertiary/aromatic N) is 1. The molecule has 0 aromatic heterocycles. The average Bonchev–Trinajstić information content (AvgIpc) is 2.93. The van der Waals surface area contributed by atoms with Gasteiger partial charge in [-0.3, -0.25) is 9.59 Å².